The van der Waals surface area contributed by atoms with Crippen LogP contribution in [0.15, 0.2) is 45.9 Å². The number of amides is 3. The maximum absolute atomic E-state index is 12.9. The number of hydrogen-bond donors (Lipinski definition) is 6. The summed E-state index contributed by atoms with van der Waals surface area (Å²) in [5.74, 6) is -0.250. The van der Waals surface area contributed by atoms with E-state index in [1.54, 1.807) is 44.3 Å². The van der Waals surface area contributed by atoms with Crippen LogP contribution in [0.3, 0.4) is 0 Å². The fraction of sp³-hybridized carbons (Fsp3) is 0.333. The van der Waals surface area contributed by atoms with Gasteiger partial charge in [0.2, 0.25) is 0 Å². The summed E-state index contributed by atoms with van der Waals surface area (Å²) in [5.41, 5.74) is 2.22. The molecule has 0 spiro atoms. The molecule has 0 aliphatic carbocycles. The summed E-state index contributed by atoms with van der Waals surface area (Å²) < 4.78 is 0.367. The van der Waals surface area contributed by atoms with E-state index in [4.69, 9.17) is 16.7 Å². The van der Waals surface area contributed by atoms with Crippen LogP contribution in [-0.2, 0) is 9.59 Å². The Morgan fingerprint density at radius 2 is 1.89 bits per heavy atom. The molecule has 0 saturated carbocycles. The number of aliphatic imine (C=N–C) groups is 1. The van der Waals surface area contributed by atoms with Gasteiger partial charge in [0.25, 0.3) is 5.91 Å². The number of nitrogens with one attached hydrogen (secondary N) is 2. The van der Waals surface area contributed by atoms with E-state index in [2.05, 4.69) is 31.6 Å². The molecule has 11 nitrogen and oxygen atoms in total. The van der Waals surface area contributed by atoms with Crippen LogP contribution >= 0.6 is 27.5 Å². The zero-order valence-corrected chi connectivity index (χ0v) is 22.1. The molecule has 2 aromatic carbocycles. The molecular weight excluding hydrogens is 572 g/mol. The number of carbonyl (C=O) groups is 3. The Morgan fingerprint density at radius 1 is 1.22 bits per heavy atom. The topological polar surface area (TPSA) is 172 Å². The average Bonchev–Trinajstić information content (AvgIpc) is 2.98. The van der Waals surface area contributed by atoms with Gasteiger partial charge >= 0.3 is 6.03 Å². The number of halogens is 2. The number of aliphatic hydroxyl groups excluding tert-OH is 4. The summed E-state index contributed by atoms with van der Waals surface area (Å²) in [7, 11) is 1.61. The van der Waals surface area contributed by atoms with Crippen molar-refractivity contribution in [2.45, 2.75) is 37.3 Å². The first-order valence-corrected chi connectivity index (χ1v) is 12.3. The second-order valence-electron chi connectivity index (χ2n) is 8.34. The molecule has 13 heteroatoms. The fourth-order valence-electron chi connectivity index (χ4n) is 3.79. The molecule has 37 heavy (non-hydrogen) atoms. The van der Waals surface area contributed by atoms with E-state index >= 15 is 0 Å². The Hall–Kier alpha value is -2.87. The van der Waals surface area contributed by atoms with E-state index in [0.717, 1.165) is 0 Å². The lowest BCUT2D eigenvalue weighted by Crippen LogP contribution is -2.54. The van der Waals surface area contributed by atoms with Crippen molar-refractivity contribution in [3.8, 4) is 0 Å². The Morgan fingerprint density at radius 3 is 2.51 bits per heavy atom. The standard InChI is InChI=1S/C24H26BrClN4O7/c1-11-23(36)30(2)16-8-7-14(19(25)18(16)20(27-11)12-5-3-4-6-13(12)26)28-24(37)29-15(9-31)21(34)22(35)17(33)10-32/h3-9,11,15,17,21-22,32-35H,10H2,1-2H3,(H2,28,29,37)/t11-,15+,17+,21+,22+/m0/s1. The van der Waals surface area contributed by atoms with Gasteiger partial charge in [0.15, 0.2) is 0 Å². The van der Waals surface area contributed by atoms with Crippen LogP contribution in [0.2, 0.25) is 5.02 Å². The molecule has 2 aromatic rings. The van der Waals surface area contributed by atoms with Gasteiger partial charge in [-0.25, -0.2) is 4.79 Å². The Kier molecular flexibility index (Phi) is 9.40. The van der Waals surface area contributed by atoms with Gasteiger partial charge in [-0.1, -0.05) is 29.8 Å². The highest BCUT2D eigenvalue weighted by atomic mass is 79.9. The minimum atomic E-state index is -1.89. The summed E-state index contributed by atoms with van der Waals surface area (Å²) in [6.07, 6.45) is -5.30. The predicted molar refractivity (Wildman–Crippen MR) is 141 cm³/mol. The molecule has 0 saturated heterocycles. The van der Waals surface area contributed by atoms with Crippen LogP contribution in [0.1, 0.15) is 18.1 Å². The first kappa shape index (κ1) is 28.7. The van der Waals surface area contributed by atoms with Gasteiger partial charge in [-0.2, -0.15) is 0 Å². The van der Waals surface area contributed by atoms with E-state index in [1.165, 1.54) is 11.0 Å². The van der Waals surface area contributed by atoms with E-state index in [9.17, 15) is 29.7 Å². The van der Waals surface area contributed by atoms with E-state index in [-0.39, 0.29) is 17.9 Å². The van der Waals surface area contributed by atoms with Gasteiger partial charge in [0.05, 0.1) is 28.2 Å². The maximum atomic E-state index is 12.9. The normalized spacial score (nSPS) is 18.6. The van der Waals surface area contributed by atoms with E-state index in [0.29, 0.717) is 32.0 Å². The summed E-state index contributed by atoms with van der Waals surface area (Å²) >= 11 is 9.95. The Balaban J connectivity index is 1.98. The number of benzodiazepines with no additional fused rings is 1. The Labute approximate surface area is 225 Å². The van der Waals surface area contributed by atoms with Gasteiger partial charge < -0.3 is 40.8 Å². The molecule has 6 N–H and O–H groups in total. The molecule has 1 heterocycles. The van der Waals surface area contributed by atoms with Gasteiger partial charge in [-0.05, 0) is 41.1 Å². The largest absolute Gasteiger partial charge is 0.394 e. The van der Waals surface area contributed by atoms with Crippen molar-refractivity contribution < 1.29 is 34.8 Å². The van der Waals surface area contributed by atoms with Crippen molar-refractivity contribution in [3.63, 3.8) is 0 Å². The monoisotopic (exact) mass is 596 g/mol. The summed E-state index contributed by atoms with van der Waals surface area (Å²) in [6.45, 7) is 0.804. The van der Waals surface area contributed by atoms with Gasteiger partial charge in [-0.15, -0.1) is 0 Å². The maximum Gasteiger partial charge on any atom is 0.319 e. The number of aldehydes is 1. The second-order valence-corrected chi connectivity index (χ2v) is 9.54. The molecule has 1 aliphatic heterocycles. The number of anilines is 2. The van der Waals surface area contributed by atoms with Crippen LogP contribution in [0.5, 0.6) is 0 Å². The number of rotatable bonds is 8. The third-order valence-electron chi connectivity index (χ3n) is 5.85. The lowest BCUT2D eigenvalue weighted by atomic mass is 9.99. The van der Waals surface area contributed by atoms with E-state index < -0.39 is 43.0 Å². The molecule has 0 bridgehead atoms. The lowest BCUT2D eigenvalue weighted by molar-refractivity contribution is -0.120. The first-order chi connectivity index (χ1) is 17.5. The number of nitrogens with zero attached hydrogens (tertiary/aromatic N) is 2. The lowest BCUT2D eigenvalue weighted by Gasteiger charge is -2.26. The molecule has 3 amide bonds. The van der Waals surface area contributed by atoms with Crippen molar-refractivity contribution in [2.75, 3.05) is 23.9 Å². The minimum absolute atomic E-state index is 0.188. The molecule has 198 valence electrons. The molecule has 0 fully saturated rings. The predicted octanol–water partition coefficient (Wildman–Crippen LogP) is 1.07. The van der Waals surface area contributed by atoms with Crippen molar-refractivity contribution >= 4 is 62.8 Å². The highest BCUT2D eigenvalue weighted by Gasteiger charge is 2.33. The third kappa shape index (κ3) is 6.00. The van der Waals surface area contributed by atoms with E-state index in [1.807, 2.05) is 0 Å². The summed E-state index contributed by atoms with van der Waals surface area (Å²) in [6, 6.07) is 6.91. The van der Waals surface area contributed by atoms with Gasteiger partial charge in [0, 0.05) is 23.2 Å². The van der Waals surface area contributed by atoms with Crippen molar-refractivity contribution in [1.82, 2.24) is 5.32 Å². The first-order valence-electron chi connectivity index (χ1n) is 11.1. The summed E-state index contributed by atoms with van der Waals surface area (Å²) in [4.78, 5) is 43.1. The number of benzene rings is 2. The molecule has 0 unspecified atom stereocenters. The van der Waals surface area contributed by atoms with Crippen LogP contribution in [0.4, 0.5) is 16.2 Å². The Bertz CT molecular complexity index is 1230. The van der Waals surface area contributed by atoms with Crippen molar-refractivity contribution in [3.05, 3.63) is 57.0 Å². The zero-order valence-electron chi connectivity index (χ0n) is 19.8. The number of aliphatic hydroxyl groups is 4. The number of hydrogen-bond acceptors (Lipinski definition) is 8. The highest BCUT2D eigenvalue weighted by Crippen LogP contribution is 2.39. The SMILES string of the molecule is C[C@@H]1N=C(c2ccccc2Cl)c2c(ccc(NC(=O)N[C@H](C=O)[C@@H](O)[C@H](O)[C@H](O)CO)c2Br)N(C)C1=O. The molecular formula is C24H26BrClN4O7. The number of carbonyl (C=O) groups excluding carboxylic acids is 3. The minimum Gasteiger partial charge on any atom is -0.394 e. The smallest absolute Gasteiger partial charge is 0.319 e. The average molecular weight is 598 g/mol. The van der Waals surface area contributed by atoms with Gasteiger partial charge in [0.1, 0.15) is 36.7 Å². The zero-order chi connectivity index (χ0) is 27.4. The molecule has 5 atom stereocenters. The molecule has 1 aliphatic rings. The van der Waals surface area contributed by atoms with Crippen LogP contribution in [0, 0.1) is 0 Å². The van der Waals surface area contributed by atoms with Crippen molar-refractivity contribution in [1.29, 1.82) is 0 Å². The number of urea groups is 1. The number of likely N-dealkylation sites (N-methyl/N-ethyl adjacent to an activating group) is 1. The fourth-order valence-corrected chi connectivity index (χ4v) is 4.64. The molecule has 3 rings (SSSR count). The second kappa shape index (κ2) is 12.1. The summed E-state index contributed by atoms with van der Waals surface area (Å²) in [5, 5.41) is 43.6. The highest BCUT2D eigenvalue weighted by molar-refractivity contribution is 9.10. The molecule has 0 aromatic heterocycles. The van der Waals surface area contributed by atoms with Crippen LogP contribution < -0.4 is 15.5 Å². The molecule has 0 radical (unpaired) electrons. The van der Waals surface area contributed by atoms with Crippen LogP contribution in [-0.4, -0.2) is 88.4 Å². The van der Waals surface area contributed by atoms with Crippen LogP contribution in [0.25, 0.3) is 0 Å². The quantitative estimate of drug-likeness (QED) is 0.247. The third-order valence-corrected chi connectivity index (χ3v) is 7.00. The van der Waals surface area contributed by atoms with Gasteiger partial charge in [-0.3, -0.25) is 9.79 Å². The van der Waals surface area contributed by atoms with Crippen molar-refractivity contribution in [2.24, 2.45) is 4.99 Å². The number of fused-ring (bicyclic) bond motifs is 1.